The largest absolute Gasteiger partial charge is 0.377 e. The van der Waals surface area contributed by atoms with Crippen molar-refractivity contribution in [1.29, 1.82) is 0 Å². The third kappa shape index (κ3) is 1.69. The monoisotopic (exact) mass is 296 g/mol. The minimum Gasteiger partial charge on any atom is -0.377 e. The van der Waals surface area contributed by atoms with E-state index < -0.39 is 5.60 Å². The molecule has 116 valence electrons. The summed E-state index contributed by atoms with van der Waals surface area (Å²) in [6.07, 6.45) is 17.6. The Morgan fingerprint density at radius 1 is 1.32 bits per heavy atom. The first-order valence-corrected chi connectivity index (χ1v) is 8.61. The van der Waals surface area contributed by atoms with E-state index in [0.29, 0.717) is 30.1 Å². The molecule has 0 saturated heterocycles. The molecule has 0 heterocycles. The molecule has 0 aromatic rings. The molecule has 0 aromatic carbocycles. The lowest BCUT2D eigenvalue weighted by Crippen LogP contribution is -2.51. The molecule has 2 fully saturated rings. The zero-order valence-electron chi connectivity index (χ0n) is 13.2. The van der Waals surface area contributed by atoms with Gasteiger partial charge in [0.2, 0.25) is 0 Å². The van der Waals surface area contributed by atoms with Gasteiger partial charge in [-0.15, -0.1) is 6.42 Å². The summed E-state index contributed by atoms with van der Waals surface area (Å²) < 4.78 is 0. The van der Waals surface area contributed by atoms with E-state index in [2.05, 4.69) is 25.0 Å². The normalized spacial score (nSPS) is 49.7. The van der Waals surface area contributed by atoms with Gasteiger partial charge in [0.15, 0.2) is 5.78 Å². The third-order valence-corrected chi connectivity index (χ3v) is 7.26. The molecule has 2 heteroatoms. The summed E-state index contributed by atoms with van der Waals surface area (Å²) in [6, 6.07) is 0. The number of allylic oxidation sites excluding steroid dienone is 4. The average Bonchev–Trinajstić information content (AvgIpc) is 2.79. The van der Waals surface area contributed by atoms with Crippen molar-refractivity contribution < 1.29 is 9.90 Å². The summed E-state index contributed by atoms with van der Waals surface area (Å²) in [6.45, 7) is 2.20. The van der Waals surface area contributed by atoms with Gasteiger partial charge in [0.05, 0.1) is 0 Å². The Labute approximate surface area is 132 Å². The van der Waals surface area contributed by atoms with Crippen molar-refractivity contribution in [3.05, 3.63) is 23.8 Å². The number of hydrogen-bond acceptors (Lipinski definition) is 2. The first kappa shape index (κ1) is 14.3. The Morgan fingerprint density at radius 3 is 2.91 bits per heavy atom. The van der Waals surface area contributed by atoms with Crippen molar-refractivity contribution in [2.45, 2.75) is 51.0 Å². The molecule has 0 spiro atoms. The molecule has 0 radical (unpaired) electrons. The summed E-state index contributed by atoms with van der Waals surface area (Å²) in [7, 11) is 0. The van der Waals surface area contributed by atoms with Gasteiger partial charge in [0.25, 0.3) is 0 Å². The lowest BCUT2D eigenvalue weighted by atomic mass is 9.52. The first-order valence-electron chi connectivity index (χ1n) is 8.61. The maximum Gasteiger partial charge on any atom is 0.155 e. The van der Waals surface area contributed by atoms with Crippen molar-refractivity contribution in [3.8, 4) is 12.3 Å². The number of terminal acetylenes is 1. The van der Waals surface area contributed by atoms with E-state index in [4.69, 9.17) is 6.42 Å². The van der Waals surface area contributed by atoms with Gasteiger partial charge >= 0.3 is 0 Å². The molecule has 4 aliphatic rings. The molecule has 2 saturated carbocycles. The predicted molar refractivity (Wildman–Crippen MR) is 85.8 cm³/mol. The standard InChI is InChI=1S/C20H24O2/c1-3-20(22)11-9-18-17-6-4-13-12-14(21)5-7-15(13)16(17)8-10-19(18,20)2/h1,4,6,12,15-18,22H,5,7-11H2,2H3/t15?,16?,17?,18?,19-,20-/m0/s1. The van der Waals surface area contributed by atoms with Gasteiger partial charge in [-0.05, 0) is 67.4 Å². The highest BCUT2D eigenvalue weighted by atomic mass is 16.3. The van der Waals surface area contributed by atoms with Crippen LogP contribution in [0.4, 0.5) is 0 Å². The van der Waals surface area contributed by atoms with Crippen LogP contribution in [-0.4, -0.2) is 16.5 Å². The Balaban J connectivity index is 1.71. The smallest absolute Gasteiger partial charge is 0.155 e. The fourth-order valence-electron chi connectivity index (χ4n) is 5.91. The van der Waals surface area contributed by atoms with Crippen molar-refractivity contribution >= 4 is 5.78 Å². The average molecular weight is 296 g/mol. The quantitative estimate of drug-likeness (QED) is 0.697. The fourth-order valence-corrected chi connectivity index (χ4v) is 5.91. The van der Waals surface area contributed by atoms with Gasteiger partial charge in [0, 0.05) is 11.8 Å². The van der Waals surface area contributed by atoms with Crippen LogP contribution in [0.3, 0.4) is 0 Å². The van der Waals surface area contributed by atoms with Crippen LogP contribution in [0.5, 0.6) is 0 Å². The van der Waals surface area contributed by atoms with Crippen LogP contribution in [0.2, 0.25) is 0 Å². The number of fused-ring (bicyclic) bond motifs is 5. The number of hydrogen-bond donors (Lipinski definition) is 1. The van der Waals surface area contributed by atoms with Gasteiger partial charge in [0.1, 0.15) is 5.60 Å². The van der Waals surface area contributed by atoms with E-state index in [1.165, 1.54) is 5.57 Å². The summed E-state index contributed by atoms with van der Waals surface area (Å²) >= 11 is 0. The van der Waals surface area contributed by atoms with Crippen molar-refractivity contribution in [2.75, 3.05) is 0 Å². The van der Waals surface area contributed by atoms with E-state index in [-0.39, 0.29) is 11.2 Å². The van der Waals surface area contributed by atoms with Gasteiger partial charge in [-0.1, -0.05) is 25.0 Å². The van der Waals surface area contributed by atoms with E-state index in [9.17, 15) is 9.90 Å². The predicted octanol–water partition coefficient (Wildman–Crippen LogP) is 3.27. The Morgan fingerprint density at radius 2 is 2.14 bits per heavy atom. The fraction of sp³-hybridized carbons (Fsp3) is 0.650. The molecule has 0 bridgehead atoms. The summed E-state index contributed by atoms with van der Waals surface area (Å²) in [5.74, 6) is 5.14. The molecule has 1 N–H and O–H groups in total. The van der Waals surface area contributed by atoms with Crippen LogP contribution in [0.1, 0.15) is 45.4 Å². The molecule has 4 rings (SSSR count). The third-order valence-electron chi connectivity index (χ3n) is 7.26. The molecular weight excluding hydrogens is 272 g/mol. The number of carbonyl (C=O) groups is 1. The second-order valence-corrected chi connectivity index (χ2v) is 7.96. The van der Waals surface area contributed by atoms with E-state index in [0.717, 1.165) is 32.1 Å². The van der Waals surface area contributed by atoms with Gasteiger partial charge < -0.3 is 5.11 Å². The lowest BCUT2D eigenvalue weighted by molar-refractivity contribution is -0.115. The van der Waals surface area contributed by atoms with Gasteiger partial charge in [-0.2, -0.15) is 0 Å². The van der Waals surface area contributed by atoms with Crippen molar-refractivity contribution in [2.24, 2.45) is 29.1 Å². The highest BCUT2D eigenvalue weighted by Crippen LogP contribution is 2.63. The Bertz CT molecular complexity index is 622. The SMILES string of the molecule is C#C[C@]1(O)CCC2C3C=CC4=CC(=O)CCC4C3CC[C@@]21C. The van der Waals surface area contributed by atoms with Gasteiger partial charge in [-0.25, -0.2) is 0 Å². The lowest BCUT2D eigenvalue weighted by Gasteiger charge is -2.52. The van der Waals surface area contributed by atoms with Crippen LogP contribution < -0.4 is 0 Å². The highest BCUT2D eigenvalue weighted by molar-refractivity contribution is 5.91. The number of ketones is 1. The molecule has 0 aliphatic heterocycles. The van der Waals surface area contributed by atoms with Crippen LogP contribution in [-0.2, 0) is 4.79 Å². The van der Waals surface area contributed by atoms with Crippen LogP contribution >= 0.6 is 0 Å². The molecule has 0 amide bonds. The second-order valence-electron chi connectivity index (χ2n) is 7.96. The van der Waals surface area contributed by atoms with Crippen LogP contribution in [0.15, 0.2) is 23.8 Å². The molecule has 6 atom stereocenters. The van der Waals surface area contributed by atoms with Crippen LogP contribution in [0.25, 0.3) is 0 Å². The highest BCUT2D eigenvalue weighted by Gasteiger charge is 2.61. The maximum atomic E-state index is 11.7. The Kier molecular flexibility index (Phi) is 2.97. The molecule has 2 nitrogen and oxygen atoms in total. The van der Waals surface area contributed by atoms with E-state index >= 15 is 0 Å². The minimum absolute atomic E-state index is 0.154. The maximum absolute atomic E-state index is 11.7. The summed E-state index contributed by atoms with van der Waals surface area (Å²) in [5.41, 5.74) is 0.153. The molecule has 4 unspecified atom stereocenters. The van der Waals surface area contributed by atoms with Crippen LogP contribution in [0, 0.1) is 41.4 Å². The Hall–Kier alpha value is -1.33. The zero-order valence-corrected chi connectivity index (χ0v) is 13.2. The molecule has 22 heavy (non-hydrogen) atoms. The number of carbonyl (C=O) groups excluding carboxylic acids is 1. The summed E-state index contributed by atoms with van der Waals surface area (Å²) in [5, 5.41) is 10.9. The first-order chi connectivity index (χ1) is 10.5. The molecule has 0 aromatic heterocycles. The van der Waals surface area contributed by atoms with Gasteiger partial charge in [-0.3, -0.25) is 4.79 Å². The molecule has 4 aliphatic carbocycles. The van der Waals surface area contributed by atoms with E-state index in [1.54, 1.807) is 0 Å². The summed E-state index contributed by atoms with van der Waals surface area (Å²) in [4.78, 5) is 11.7. The van der Waals surface area contributed by atoms with Crippen molar-refractivity contribution in [3.63, 3.8) is 0 Å². The van der Waals surface area contributed by atoms with Crippen molar-refractivity contribution in [1.82, 2.24) is 0 Å². The number of aliphatic hydroxyl groups is 1. The zero-order chi connectivity index (χ0) is 15.5. The number of rotatable bonds is 0. The second kappa shape index (κ2) is 4.59. The minimum atomic E-state index is -0.935. The molecular formula is C20H24O2. The van der Waals surface area contributed by atoms with E-state index in [1.807, 2.05) is 6.08 Å². The topological polar surface area (TPSA) is 37.3 Å².